The molecular formula is C6H11FO5. The highest BCUT2D eigenvalue weighted by Gasteiger charge is 2.31. The van der Waals surface area contributed by atoms with E-state index in [0.717, 1.165) is 6.92 Å². The van der Waals surface area contributed by atoms with Gasteiger partial charge in [0.15, 0.2) is 11.9 Å². The van der Waals surface area contributed by atoms with Crippen LogP contribution < -0.4 is 0 Å². The minimum Gasteiger partial charge on any atom is -0.390 e. The minimum absolute atomic E-state index is 1.10. The summed E-state index contributed by atoms with van der Waals surface area (Å²) in [4.78, 5) is 10.7. The molecule has 0 aliphatic rings. The fourth-order valence-electron chi connectivity index (χ4n) is 0.548. The van der Waals surface area contributed by atoms with E-state index in [1.165, 1.54) is 0 Å². The maximum atomic E-state index is 11.9. The van der Waals surface area contributed by atoms with Gasteiger partial charge in [-0.2, -0.15) is 0 Å². The Hall–Kier alpha value is -0.560. The Bertz CT molecular complexity index is 142. The Morgan fingerprint density at radius 2 is 1.58 bits per heavy atom. The third-order valence-corrected chi connectivity index (χ3v) is 1.30. The number of alkyl halides is 1. The van der Waals surface area contributed by atoms with Crippen molar-refractivity contribution < 1.29 is 29.6 Å². The molecular weight excluding hydrogens is 171 g/mol. The molecule has 0 aromatic carbocycles. The molecule has 0 amide bonds. The summed E-state index contributed by atoms with van der Waals surface area (Å²) in [5, 5.41) is 34.1. The van der Waals surface area contributed by atoms with Gasteiger partial charge >= 0.3 is 0 Å². The van der Waals surface area contributed by atoms with Crippen LogP contribution in [-0.2, 0) is 4.79 Å². The number of hydrogen-bond acceptors (Lipinski definition) is 5. The molecule has 0 aromatic rings. The number of aliphatic hydroxyl groups is 4. The molecule has 0 fully saturated rings. The van der Waals surface area contributed by atoms with Crippen LogP contribution in [0.4, 0.5) is 4.39 Å². The molecule has 0 heterocycles. The number of halogens is 1. The highest BCUT2D eigenvalue weighted by molar-refractivity contribution is 5.87. The molecule has 6 heteroatoms. The first kappa shape index (κ1) is 11.4. The second-order valence-electron chi connectivity index (χ2n) is 2.41. The smallest absolute Gasteiger partial charge is 0.229 e. The molecule has 5 nitrogen and oxygen atoms in total. The first-order valence-corrected chi connectivity index (χ1v) is 3.28. The molecule has 0 aromatic heterocycles. The molecule has 0 saturated carbocycles. The number of ketones is 1. The van der Waals surface area contributed by atoms with Gasteiger partial charge in [-0.05, 0) is 6.92 Å². The molecule has 0 rings (SSSR count). The van der Waals surface area contributed by atoms with Crippen molar-refractivity contribution in [3.63, 3.8) is 0 Å². The van der Waals surface area contributed by atoms with E-state index >= 15 is 0 Å². The van der Waals surface area contributed by atoms with E-state index in [1.807, 2.05) is 0 Å². The van der Waals surface area contributed by atoms with Gasteiger partial charge in [0.25, 0.3) is 0 Å². The number of carbonyl (C=O) groups is 1. The minimum atomic E-state index is -2.74. The lowest BCUT2D eigenvalue weighted by Gasteiger charge is -2.16. The molecule has 0 spiro atoms. The quantitative estimate of drug-likeness (QED) is 0.401. The van der Waals surface area contributed by atoms with Gasteiger partial charge in [-0.15, -0.1) is 0 Å². The molecule has 0 radical (unpaired) electrons. The number of rotatable bonds is 4. The predicted molar refractivity (Wildman–Crippen MR) is 35.8 cm³/mol. The zero-order valence-electron chi connectivity index (χ0n) is 6.38. The van der Waals surface area contributed by atoms with E-state index in [2.05, 4.69) is 0 Å². The van der Waals surface area contributed by atoms with E-state index in [0.29, 0.717) is 0 Å². The van der Waals surface area contributed by atoms with Gasteiger partial charge in [0.2, 0.25) is 6.36 Å². The van der Waals surface area contributed by atoms with E-state index < -0.39 is 30.5 Å². The van der Waals surface area contributed by atoms with Crippen molar-refractivity contribution in [1.82, 2.24) is 0 Å². The van der Waals surface area contributed by atoms with Crippen molar-refractivity contribution >= 4 is 5.78 Å². The van der Waals surface area contributed by atoms with Gasteiger partial charge in [0.1, 0.15) is 6.10 Å². The van der Waals surface area contributed by atoms with Crippen LogP contribution in [0.5, 0.6) is 0 Å². The Morgan fingerprint density at radius 3 is 1.83 bits per heavy atom. The predicted octanol–water partition coefficient (Wildman–Crippen LogP) is -2.05. The molecule has 4 N–H and O–H groups in total. The summed E-state index contributed by atoms with van der Waals surface area (Å²) in [6.07, 6.45) is -8.35. The molecule has 72 valence electrons. The van der Waals surface area contributed by atoms with E-state index in [-0.39, 0.29) is 0 Å². The van der Waals surface area contributed by atoms with Crippen LogP contribution in [-0.4, -0.2) is 50.9 Å². The first-order valence-electron chi connectivity index (χ1n) is 3.28. The number of hydrogen-bond donors (Lipinski definition) is 4. The zero-order chi connectivity index (χ0) is 9.89. The van der Waals surface area contributed by atoms with Crippen molar-refractivity contribution in [3.05, 3.63) is 0 Å². The van der Waals surface area contributed by atoms with Crippen LogP contribution in [0, 0.1) is 0 Å². The van der Waals surface area contributed by atoms with Gasteiger partial charge in [-0.1, -0.05) is 0 Å². The van der Waals surface area contributed by atoms with Gasteiger partial charge in [0.05, 0.1) is 6.10 Å². The Balaban J connectivity index is 4.19. The second kappa shape index (κ2) is 4.46. The lowest BCUT2D eigenvalue weighted by molar-refractivity contribution is -0.154. The molecule has 4 atom stereocenters. The maximum absolute atomic E-state index is 11.9. The standard InChI is InChI=1S/C6H11FO5/c1-2(8)3(9)4(10)5(11)6(7)12/h2-3,5-6,8-9,11-12H,1H3/t2-,3+,5-,6?/m0/s1. The highest BCUT2D eigenvalue weighted by atomic mass is 19.1. The van der Waals surface area contributed by atoms with E-state index in [1.54, 1.807) is 0 Å². The van der Waals surface area contributed by atoms with Crippen molar-refractivity contribution in [2.75, 3.05) is 0 Å². The number of aliphatic hydroxyl groups excluding tert-OH is 4. The van der Waals surface area contributed by atoms with Crippen LogP contribution in [0.15, 0.2) is 0 Å². The molecule has 0 bridgehead atoms. The summed E-state index contributed by atoms with van der Waals surface area (Å²) in [7, 11) is 0. The summed E-state index contributed by atoms with van der Waals surface area (Å²) < 4.78 is 11.9. The molecule has 12 heavy (non-hydrogen) atoms. The third-order valence-electron chi connectivity index (χ3n) is 1.30. The summed E-state index contributed by atoms with van der Waals surface area (Å²) in [6, 6.07) is 0. The highest BCUT2D eigenvalue weighted by Crippen LogP contribution is 2.03. The lowest BCUT2D eigenvalue weighted by Crippen LogP contribution is -2.43. The fourth-order valence-corrected chi connectivity index (χ4v) is 0.548. The van der Waals surface area contributed by atoms with Crippen LogP contribution >= 0.6 is 0 Å². The normalized spacial score (nSPS) is 21.2. The summed E-state index contributed by atoms with van der Waals surface area (Å²) >= 11 is 0. The largest absolute Gasteiger partial charge is 0.390 e. The molecule has 0 saturated heterocycles. The number of carbonyl (C=O) groups excluding carboxylic acids is 1. The van der Waals surface area contributed by atoms with Gasteiger partial charge in [-0.3, -0.25) is 4.79 Å². The van der Waals surface area contributed by atoms with Crippen molar-refractivity contribution in [1.29, 1.82) is 0 Å². The van der Waals surface area contributed by atoms with Crippen molar-refractivity contribution in [3.8, 4) is 0 Å². The lowest BCUT2D eigenvalue weighted by atomic mass is 10.1. The SMILES string of the molecule is C[C@H](O)[C@@H](O)C(=O)[C@H](O)C(O)F. The maximum Gasteiger partial charge on any atom is 0.229 e. The number of Topliss-reactive ketones (excluding diaryl/α,β-unsaturated/α-hetero) is 1. The monoisotopic (exact) mass is 182 g/mol. The van der Waals surface area contributed by atoms with Gasteiger partial charge < -0.3 is 20.4 Å². The average Bonchev–Trinajstić information content (AvgIpc) is 2.00. The molecule has 1 unspecified atom stereocenters. The molecule has 0 aliphatic heterocycles. The van der Waals surface area contributed by atoms with Crippen LogP contribution in [0.3, 0.4) is 0 Å². The summed E-state index contributed by atoms with van der Waals surface area (Å²) in [6.45, 7) is 1.10. The van der Waals surface area contributed by atoms with Gasteiger partial charge in [-0.25, -0.2) is 4.39 Å². The van der Waals surface area contributed by atoms with Crippen LogP contribution in [0.25, 0.3) is 0 Å². The Labute approximate surface area is 68.1 Å². The zero-order valence-corrected chi connectivity index (χ0v) is 6.38. The second-order valence-corrected chi connectivity index (χ2v) is 2.41. The Kier molecular flexibility index (Phi) is 4.25. The summed E-state index contributed by atoms with van der Waals surface area (Å²) in [5.74, 6) is -1.35. The van der Waals surface area contributed by atoms with Crippen LogP contribution in [0.2, 0.25) is 0 Å². The first-order chi connectivity index (χ1) is 5.37. The topological polar surface area (TPSA) is 98.0 Å². The van der Waals surface area contributed by atoms with E-state index in [4.69, 9.17) is 20.4 Å². The third kappa shape index (κ3) is 2.82. The van der Waals surface area contributed by atoms with Crippen molar-refractivity contribution in [2.45, 2.75) is 31.6 Å². The van der Waals surface area contributed by atoms with Gasteiger partial charge in [0, 0.05) is 0 Å². The summed E-state index contributed by atoms with van der Waals surface area (Å²) in [5.41, 5.74) is 0. The van der Waals surface area contributed by atoms with Crippen LogP contribution in [0.1, 0.15) is 6.92 Å². The van der Waals surface area contributed by atoms with Crippen molar-refractivity contribution in [2.24, 2.45) is 0 Å². The van der Waals surface area contributed by atoms with E-state index in [9.17, 15) is 9.18 Å². The molecule has 0 aliphatic carbocycles. The fraction of sp³-hybridized carbons (Fsp3) is 0.833. The Morgan fingerprint density at radius 1 is 1.17 bits per heavy atom. The average molecular weight is 182 g/mol.